The highest BCUT2D eigenvalue weighted by molar-refractivity contribution is 9.09. The van der Waals surface area contributed by atoms with Gasteiger partial charge in [-0.15, -0.1) is 0 Å². The fourth-order valence-electron chi connectivity index (χ4n) is 2.10. The van der Waals surface area contributed by atoms with Gasteiger partial charge in [0.1, 0.15) is 0 Å². The van der Waals surface area contributed by atoms with E-state index in [9.17, 15) is 0 Å². The summed E-state index contributed by atoms with van der Waals surface area (Å²) in [5, 5.41) is 1.11. The standard InChI is InChI=1S/C12H16BrN/c13-9-12-7-4-8-14(12)10-11-5-2-1-3-6-11/h1-3,5-6,12H,4,7-10H2. The summed E-state index contributed by atoms with van der Waals surface area (Å²) in [6.07, 6.45) is 2.70. The predicted octanol–water partition coefficient (Wildman–Crippen LogP) is 3.05. The van der Waals surface area contributed by atoms with Crippen LogP contribution in [-0.2, 0) is 6.54 Å². The molecular formula is C12H16BrN. The molecule has 1 aromatic rings. The lowest BCUT2D eigenvalue weighted by Crippen LogP contribution is -2.29. The Labute approximate surface area is 94.2 Å². The number of halogens is 1. The van der Waals surface area contributed by atoms with E-state index in [0.717, 1.165) is 17.9 Å². The minimum Gasteiger partial charge on any atom is -0.295 e. The van der Waals surface area contributed by atoms with Crippen molar-refractivity contribution in [1.29, 1.82) is 0 Å². The van der Waals surface area contributed by atoms with E-state index in [1.54, 1.807) is 0 Å². The number of hydrogen-bond acceptors (Lipinski definition) is 1. The van der Waals surface area contributed by atoms with Gasteiger partial charge >= 0.3 is 0 Å². The van der Waals surface area contributed by atoms with Crippen molar-refractivity contribution < 1.29 is 0 Å². The zero-order chi connectivity index (χ0) is 9.80. The first-order chi connectivity index (χ1) is 6.90. The normalized spacial score (nSPS) is 22.8. The van der Waals surface area contributed by atoms with Crippen LogP contribution in [-0.4, -0.2) is 22.8 Å². The molecule has 2 heteroatoms. The topological polar surface area (TPSA) is 3.24 Å². The molecule has 0 amide bonds. The smallest absolute Gasteiger partial charge is 0.0237 e. The molecule has 2 rings (SSSR count). The number of hydrogen-bond donors (Lipinski definition) is 0. The van der Waals surface area contributed by atoms with Gasteiger partial charge in [0.25, 0.3) is 0 Å². The molecule has 14 heavy (non-hydrogen) atoms. The third-order valence-corrected chi connectivity index (χ3v) is 3.65. The summed E-state index contributed by atoms with van der Waals surface area (Å²) in [5.41, 5.74) is 1.43. The van der Waals surface area contributed by atoms with Gasteiger partial charge in [0.15, 0.2) is 0 Å². The summed E-state index contributed by atoms with van der Waals surface area (Å²) in [7, 11) is 0. The largest absolute Gasteiger partial charge is 0.295 e. The SMILES string of the molecule is BrCC1CCCN1Cc1ccccc1. The van der Waals surface area contributed by atoms with Crippen LogP contribution in [0.15, 0.2) is 30.3 Å². The minimum absolute atomic E-state index is 0.746. The van der Waals surface area contributed by atoms with Crippen LogP contribution < -0.4 is 0 Å². The Morgan fingerprint density at radius 1 is 1.29 bits per heavy atom. The van der Waals surface area contributed by atoms with Gasteiger partial charge < -0.3 is 0 Å². The maximum Gasteiger partial charge on any atom is 0.0237 e. The first-order valence-corrected chi connectivity index (χ1v) is 6.36. The van der Waals surface area contributed by atoms with Crippen LogP contribution in [0.4, 0.5) is 0 Å². The average molecular weight is 254 g/mol. The van der Waals surface area contributed by atoms with E-state index in [4.69, 9.17) is 0 Å². The molecule has 1 nitrogen and oxygen atoms in total. The van der Waals surface area contributed by atoms with E-state index in [2.05, 4.69) is 51.2 Å². The molecule has 0 aliphatic carbocycles. The first-order valence-electron chi connectivity index (χ1n) is 5.24. The third-order valence-electron chi connectivity index (χ3n) is 2.91. The predicted molar refractivity (Wildman–Crippen MR) is 63.7 cm³/mol. The lowest BCUT2D eigenvalue weighted by molar-refractivity contribution is 0.265. The van der Waals surface area contributed by atoms with E-state index in [1.165, 1.54) is 24.9 Å². The molecule has 1 fully saturated rings. The summed E-state index contributed by atoms with van der Waals surface area (Å²) in [6.45, 7) is 2.36. The van der Waals surface area contributed by atoms with Gasteiger partial charge in [-0.2, -0.15) is 0 Å². The second-order valence-corrected chi connectivity index (χ2v) is 4.55. The molecule has 1 heterocycles. The van der Waals surface area contributed by atoms with Crippen molar-refractivity contribution in [2.75, 3.05) is 11.9 Å². The van der Waals surface area contributed by atoms with Gasteiger partial charge in [0.05, 0.1) is 0 Å². The molecular weight excluding hydrogens is 238 g/mol. The van der Waals surface area contributed by atoms with Crippen LogP contribution in [0.3, 0.4) is 0 Å². The van der Waals surface area contributed by atoms with E-state index >= 15 is 0 Å². The van der Waals surface area contributed by atoms with Crippen LogP contribution in [0.1, 0.15) is 18.4 Å². The maximum atomic E-state index is 3.59. The molecule has 1 aromatic carbocycles. The molecule has 0 aromatic heterocycles. The molecule has 1 saturated heterocycles. The highest BCUT2D eigenvalue weighted by atomic mass is 79.9. The Bertz CT molecular complexity index is 273. The maximum absolute atomic E-state index is 3.59. The molecule has 1 aliphatic heterocycles. The van der Waals surface area contributed by atoms with E-state index in [-0.39, 0.29) is 0 Å². The Morgan fingerprint density at radius 2 is 2.07 bits per heavy atom. The fraction of sp³-hybridized carbons (Fsp3) is 0.500. The summed E-state index contributed by atoms with van der Waals surface area (Å²) in [5.74, 6) is 0. The van der Waals surface area contributed by atoms with Crippen molar-refractivity contribution in [3.05, 3.63) is 35.9 Å². The molecule has 1 unspecified atom stereocenters. The van der Waals surface area contributed by atoms with Crippen LogP contribution in [0.2, 0.25) is 0 Å². The summed E-state index contributed by atoms with van der Waals surface area (Å²) < 4.78 is 0. The number of nitrogens with zero attached hydrogens (tertiary/aromatic N) is 1. The molecule has 0 bridgehead atoms. The second-order valence-electron chi connectivity index (χ2n) is 3.91. The number of likely N-dealkylation sites (tertiary alicyclic amines) is 1. The zero-order valence-corrected chi connectivity index (χ0v) is 9.91. The quantitative estimate of drug-likeness (QED) is 0.749. The van der Waals surface area contributed by atoms with Gasteiger partial charge in [-0.1, -0.05) is 46.3 Å². The van der Waals surface area contributed by atoms with Gasteiger partial charge in [0.2, 0.25) is 0 Å². The summed E-state index contributed by atoms with van der Waals surface area (Å²) in [4.78, 5) is 2.57. The van der Waals surface area contributed by atoms with E-state index < -0.39 is 0 Å². The molecule has 76 valence electrons. The van der Waals surface area contributed by atoms with Crippen LogP contribution >= 0.6 is 15.9 Å². The third kappa shape index (κ3) is 2.37. The van der Waals surface area contributed by atoms with Gasteiger partial charge in [0, 0.05) is 17.9 Å². The first kappa shape index (κ1) is 10.2. The fourth-order valence-corrected chi connectivity index (χ4v) is 2.83. The summed E-state index contributed by atoms with van der Waals surface area (Å²) >= 11 is 3.59. The van der Waals surface area contributed by atoms with Crippen molar-refractivity contribution in [1.82, 2.24) is 4.90 Å². The Morgan fingerprint density at radius 3 is 2.79 bits per heavy atom. The summed E-state index contributed by atoms with van der Waals surface area (Å²) in [6, 6.07) is 11.5. The lowest BCUT2D eigenvalue weighted by atomic mass is 10.2. The van der Waals surface area contributed by atoms with Gasteiger partial charge in [-0.3, -0.25) is 4.90 Å². The van der Waals surface area contributed by atoms with Gasteiger partial charge in [-0.25, -0.2) is 0 Å². The van der Waals surface area contributed by atoms with Crippen molar-refractivity contribution >= 4 is 15.9 Å². The Balaban J connectivity index is 1.97. The van der Waals surface area contributed by atoms with Crippen molar-refractivity contribution in [2.24, 2.45) is 0 Å². The monoisotopic (exact) mass is 253 g/mol. The van der Waals surface area contributed by atoms with Crippen molar-refractivity contribution in [3.63, 3.8) is 0 Å². The number of alkyl halides is 1. The molecule has 0 N–H and O–H groups in total. The van der Waals surface area contributed by atoms with E-state index in [0.29, 0.717) is 0 Å². The average Bonchev–Trinajstić information content (AvgIpc) is 2.67. The van der Waals surface area contributed by atoms with Gasteiger partial charge in [-0.05, 0) is 24.9 Å². The number of rotatable bonds is 3. The molecule has 0 spiro atoms. The Hall–Kier alpha value is -0.340. The minimum atomic E-state index is 0.746. The highest BCUT2D eigenvalue weighted by Crippen LogP contribution is 2.21. The molecule has 1 atom stereocenters. The second kappa shape index (κ2) is 4.94. The van der Waals surface area contributed by atoms with Crippen molar-refractivity contribution in [2.45, 2.75) is 25.4 Å². The van der Waals surface area contributed by atoms with Crippen LogP contribution in [0, 0.1) is 0 Å². The Kier molecular flexibility index (Phi) is 3.60. The molecule has 1 aliphatic rings. The van der Waals surface area contributed by atoms with Crippen LogP contribution in [0.25, 0.3) is 0 Å². The van der Waals surface area contributed by atoms with Crippen molar-refractivity contribution in [3.8, 4) is 0 Å². The molecule has 0 saturated carbocycles. The van der Waals surface area contributed by atoms with E-state index in [1.807, 2.05) is 0 Å². The lowest BCUT2D eigenvalue weighted by Gasteiger charge is -2.22. The number of benzene rings is 1. The molecule has 0 radical (unpaired) electrons. The zero-order valence-electron chi connectivity index (χ0n) is 8.32. The highest BCUT2D eigenvalue weighted by Gasteiger charge is 2.22. The van der Waals surface area contributed by atoms with Crippen LogP contribution in [0.5, 0.6) is 0 Å².